The number of carbonyl (C=O) groups excluding carboxylic acids is 2. The summed E-state index contributed by atoms with van der Waals surface area (Å²) < 4.78 is 49.3. The first kappa shape index (κ1) is 36.8. The van der Waals surface area contributed by atoms with Crippen molar-refractivity contribution in [2.75, 3.05) is 13.2 Å². The molecular formula is C33H44N4O14. The summed E-state index contributed by atoms with van der Waals surface area (Å²) in [4.78, 5) is 77.2. The number of ether oxygens (including phenoxy) is 8. The molecule has 4 aliphatic heterocycles. The number of aromatic nitrogens is 4. The number of H-pyrrole nitrogens is 2. The van der Waals surface area contributed by atoms with Gasteiger partial charge < -0.3 is 37.9 Å². The van der Waals surface area contributed by atoms with E-state index in [4.69, 9.17) is 37.9 Å². The number of hydrogen-bond acceptors (Lipinski definition) is 14. The summed E-state index contributed by atoms with van der Waals surface area (Å²) in [5.74, 6) is -2.67. The van der Waals surface area contributed by atoms with Gasteiger partial charge in [0.25, 0.3) is 11.1 Å². The lowest BCUT2D eigenvalue weighted by molar-refractivity contribution is -0.203. The third-order valence-corrected chi connectivity index (χ3v) is 9.08. The highest BCUT2D eigenvalue weighted by Gasteiger charge is 2.57. The van der Waals surface area contributed by atoms with Crippen LogP contribution in [0.15, 0.2) is 43.7 Å². The van der Waals surface area contributed by atoms with Crippen molar-refractivity contribution in [3.05, 3.63) is 66.2 Å². The summed E-state index contributed by atoms with van der Waals surface area (Å²) in [6.45, 7) is 6.78. The lowest BCUT2D eigenvalue weighted by atomic mass is 10.1. The largest absolute Gasteiger partial charge is 0.463 e. The number of rotatable bonds is 14. The number of unbranched alkanes of at least 4 members (excludes halogenated alkanes) is 4. The Morgan fingerprint density at radius 1 is 0.627 bits per heavy atom. The zero-order chi connectivity index (χ0) is 36.5. The number of nitrogens with zero attached hydrogens (tertiary/aromatic N) is 2. The van der Waals surface area contributed by atoms with Crippen molar-refractivity contribution in [3.8, 4) is 0 Å². The second-order valence-electron chi connectivity index (χ2n) is 13.9. The molecule has 0 spiro atoms. The third-order valence-electron chi connectivity index (χ3n) is 9.08. The van der Waals surface area contributed by atoms with Crippen LogP contribution < -0.4 is 22.5 Å². The minimum atomic E-state index is -0.938. The SMILES string of the molecule is CC1(C)O[C@@H]2[C@H](O1)[C@@H](COC(=O)CCCCCCCC(=O)OC[C@H]1O[C@@H](n3ccc(=O)[nH]c3=O)[C@@H]3OC(C)(C)O[C@@H]31)O[C@H]2n1ccc(=O)[nH]c1=O. The van der Waals surface area contributed by atoms with Gasteiger partial charge in [-0.1, -0.05) is 19.3 Å². The average Bonchev–Trinajstić information content (AvgIpc) is 3.75. The van der Waals surface area contributed by atoms with Crippen molar-refractivity contribution >= 4 is 11.9 Å². The van der Waals surface area contributed by atoms with Crippen molar-refractivity contribution in [1.82, 2.24) is 19.1 Å². The van der Waals surface area contributed by atoms with Crippen LogP contribution in [-0.2, 0) is 47.5 Å². The van der Waals surface area contributed by atoms with Crippen LogP contribution in [0.4, 0.5) is 0 Å². The van der Waals surface area contributed by atoms with Crippen LogP contribution >= 0.6 is 0 Å². The van der Waals surface area contributed by atoms with Crippen LogP contribution in [0.25, 0.3) is 0 Å². The fraction of sp³-hybridized carbons (Fsp3) is 0.697. The van der Waals surface area contributed by atoms with E-state index in [1.54, 1.807) is 27.7 Å². The van der Waals surface area contributed by atoms with Gasteiger partial charge in [0.15, 0.2) is 24.0 Å². The van der Waals surface area contributed by atoms with E-state index in [9.17, 15) is 28.8 Å². The Hall–Kier alpha value is -3.94. The second kappa shape index (κ2) is 15.0. The van der Waals surface area contributed by atoms with Gasteiger partial charge in [0.1, 0.15) is 49.8 Å². The Kier molecular flexibility index (Phi) is 10.8. The van der Waals surface area contributed by atoms with E-state index in [0.29, 0.717) is 12.8 Å². The number of carbonyl (C=O) groups is 2. The van der Waals surface area contributed by atoms with Crippen molar-refractivity contribution in [3.63, 3.8) is 0 Å². The van der Waals surface area contributed by atoms with Crippen LogP contribution in [-0.4, -0.2) is 92.5 Å². The van der Waals surface area contributed by atoms with Crippen LogP contribution in [0, 0.1) is 0 Å². The maximum Gasteiger partial charge on any atom is 0.330 e. The van der Waals surface area contributed by atoms with Gasteiger partial charge in [-0.15, -0.1) is 0 Å². The highest BCUT2D eigenvalue weighted by molar-refractivity contribution is 5.69. The van der Waals surface area contributed by atoms with Gasteiger partial charge in [0.2, 0.25) is 0 Å². The molecule has 6 rings (SSSR count). The van der Waals surface area contributed by atoms with Gasteiger partial charge in [-0.05, 0) is 40.5 Å². The molecule has 0 aromatic carbocycles. The molecule has 4 fully saturated rings. The highest BCUT2D eigenvalue weighted by Crippen LogP contribution is 2.44. The van der Waals surface area contributed by atoms with Gasteiger partial charge in [-0.2, -0.15) is 0 Å². The first-order chi connectivity index (χ1) is 24.2. The molecular weight excluding hydrogens is 676 g/mol. The van der Waals surface area contributed by atoms with Crippen LogP contribution in [0.3, 0.4) is 0 Å². The molecule has 18 nitrogen and oxygen atoms in total. The quantitative estimate of drug-likeness (QED) is 0.203. The van der Waals surface area contributed by atoms with Crippen molar-refractivity contribution < 1.29 is 47.5 Å². The smallest absolute Gasteiger partial charge is 0.330 e. The standard InChI is InChI=1S/C33H44N4O14/c1-32(2)48-24-18(46-28(26(24)50-32)36-14-12-20(38)34-30(36)42)16-44-22(40)10-8-6-5-7-9-11-23(41)45-17-19-25-27(51-33(3,4)49-25)29(47-19)37-15-13-21(39)35-31(37)43/h12-15,18-19,24-29H,5-11,16-17H2,1-4H3,(H,34,38,42)(H,35,39,43)/t18-,19-,24-,25-,26-,27-,28-,29-/m1/s1. The lowest BCUT2D eigenvalue weighted by Gasteiger charge is -2.24. The summed E-state index contributed by atoms with van der Waals surface area (Å²) in [7, 11) is 0. The molecule has 0 bridgehead atoms. The maximum absolute atomic E-state index is 12.5. The van der Waals surface area contributed by atoms with Crippen molar-refractivity contribution in [2.24, 2.45) is 0 Å². The molecule has 2 aromatic heterocycles. The van der Waals surface area contributed by atoms with E-state index < -0.39 is 95.1 Å². The van der Waals surface area contributed by atoms with E-state index in [-0.39, 0.29) is 26.1 Å². The van der Waals surface area contributed by atoms with Gasteiger partial charge >= 0.3 is 23.3 Å². The predicted octanol–water partition coefficient (Wildman–Crippen LogP) is 0.739. The van der Waals surface area contributed by atoms with Crippen LogP contribution in [0.1, 0.15) is 85.1 Å². The molecule has 0 unspecified atom stereocenters. The third kappa shape index (κ3) is 8.58. The molecule has 2 N–H and O–H groups in total. The van der Waals surface area contributed by atoms with Gasteiger partial charge in [0.05, 0.1) is 0 Å². The molecule has 0 aliphatic carbocycles. The molecule has 4 saturated heterocycles. The Balaban J connectivity index is 0.869. The minimum absolute atomic E-state index is 0.0906. The zero-order valence-corrected chi connectivity index (χ0v) is 28.9. The summed E-state index contributed by atoms with van der Waals surface area (Å²) in [6, 6.07) is 2.42. The average molecular weight is 721 g/mol. The molecule has 4 aliphatic rings. The Bertz CT molecular complexity index is 1680. The molecule has 6 heterocycles. The topological polar surface area (TPSA) is 218 Å². The monoisotopic (exact) mass is 720 g/mol. The fourth-order valence-corrected chi connectivity index (χ4v) is 6.85. The summed E-state index contributed by atoms with van der Waals surface area (Å²) in [5, 5.41) is 0. The first-order valence-electron chi connectivity index (χ1n) is 17.2. The van der Waals surface area contributed by atoms with Crippen LogP contribution in [0.5, 0.6) is 0 Å². The molecule has 8 atom stereocenters. The molecule has 2 aromatic rings. The number of fused-ring (bicyclic) bond motifs is 2. The Morgan fingerprint density at radius 2 is 1.00 bits per heavy atom. The summed E-state index contributed by atoms with van der Waals surface area (Å²) >= 11 is 0. The number of esters is 2. The molecule has 280 valence electrons. The normalized spacial score (nSPS) is 30.2. The lowest BCUT2D eigenvalue weighted by Crippen LogP contribution is -2.37. The van der Waals surface area contributed by atoms with Gasteiger partial charge in [-0.3, -0.25) is 38.3 Å². The number of aromatic amines is 2. The number of nitrogens with one attached hydrogen (secondary N) is 2. The molecule has 18 heteroatoms. The molecule has 0 saturated carbocycles. The van der Waals surface area contributed by atoms with Crippen molar-refractivity contribution in [2.45, 2.75) is 133 Å². The van der Waals surface area contributed by atoms with E-state index >= 15 is 0 Å². The van der Waals surface area contributed by atoms with Crippen molar-refractivity contribution in [1.29, 1.82) is 0 Å². The number of hydrogen-bond donors (Lipinski definition) is 2. The minimum Gasteiger partial charge on any atom is -0.463 e. The summed E-state index contributed by atoms with van der Waals surface area (Å²) in [5.41, 5.74) is -2.37. The van der Waals surface area contributed by atoms with Crippen LogP contribution in [0.2, 0.25) is 0 Å². The Labute approximate surface area is 291 Å². The fourth-order valence-electron chi connectivity index (χ4n) is 6.85. The van der Waals surface area contributed by atoms with E-state index in [1.807, 2.05) is 0 Å². The van der Waals surface area contributed by atoms with Gasteiger partial charge in [-0.25, -0.2) is 9.59 Å². The van der Waals surface area contributed by atoms with Gasteiger partial charge in [0, 0.05) is 37.4 Å². The molecule has 0 radical (unpaired) electrons. The first-order valence-corrected chi connectivity index (χ1v) is 17.2. The zero-order valence-electron chi connectivity index (χ0n) is 28.9. The molecule has 51 heavy (non-hydrogen) atoms. The second-order valence-corrected chi connectivity index (χ2v) is 13.9. The summed E-state index contributed by atoms with van der Waals surface area (Å²) in [6.07, 6.45) is 0.992. The predicted molar refractivity (Wildman–Crippen MR) is 172 cm³/mol. The highest BCUT2D eigenvalue weighted by atomic mass is 16.8. The Morgan fingerprint density at radius 3 is 1.39 bits per heavy atom. The maximum atomic E-state index is 12.5. The van der Waals surface area contributed by atoms with E-state index in [1.165, 1.54) is 33.7 Å². The van der Waals surface area contributed by atoms with E-state index in [2.05, 4.69) is 9.97 Å². The van der Waals surface area contributed by atoms with E-state index in [0.717, 1.165) is 19.3 Å². The molecule has 0 amide bonds.